The Hall–Kier alpha value is -1.23. The standard InChI is InChI=1S/C13H22N2O2S/c1-4-10-18(16,17)11-9-14-12-7-5-6-8-13(12)15(2)3/h5-8,14H,4,9-11H2,1-3H3. The number of nitrogens with zero attached hydrogens (tertiary/aromatic N) is 1. The number of anilines is 2. The summed E-state index contributed by atoms with van der Waals surface area (Å²) in [6.07, 6.45) is 0.677. The maximum atomic E-state index is 11.6. The van der Waals surface area contributed by atoms with Crippen molar-refractivity contribution in [1.29, 1.82) is 0 Å². The summed E-state index contributed by atoms with van der Waals surface area (Å²) in [5.74, 6) is 0.451. The van der Waals surface area contributed by atoms with Gasteiger partial charge in [-0.2, -0.15) is 0 Å². The number of nitrogens with one attached hydrogen (secondary N) is 1. The largest absolute Gasteiger partial charge is 0.382 e. The van der Waals surface area contributed by atoms with Crippen LogP contribution >= 0.6 is 0 Å². The second-order valence-corrected chi connectivity index (χ2v) is 6.79. The van der Waals surface area contributed by atoms with Crippen LogP contribution in [0.5, 0.6) is 0 Å². The number of para-hydroxylation sites is 2. The van der Waals surface area contributed by atoms with Crippen molar-refractivity contribution >= 4 is 21.2 Å². The van der Waals surface area contributed by atoms with Crippen molar-refractivity contribution < 1.29 is 8.42 Å². The molecule has 1 aromatic carbocycles. The third kappa shape index (κ3) is 4.56. The summed E-state index contributed by atoms with van der Waals surface area (Å²) in [6, 6.07) is 7.87. The van der Waals surface area contributed by atoms with Crippen molar-refractivity contribution in [2.24, 2.45) is 0 Å². The molecule has 102 valence electrons. The van der Waals surface area contributed by atoms with Crippen molar-refractivity contribution in [2.75, 3.05) is 42.4 Å². The minimum Gasteiger partial charge on any atom is -0.382 e. The molecule has 0 aliphatic carbocycles. The Morgan fingerprint density at radius 2 is 1.83 bits per heavy atom. The first-order valence-electron chi connectivity index (χ1n) is 6.17. The summed E-state index contributed by atoms with van der Waals surface area (Å²) in [5, 5.41) is 3.19. The summed E-state index contributed by atoms with van der Waals surface area (Å²) in [4.78, 5) is 2.00. The molecule has 0 radical (unpaired) electrons. The van der Waals surface area contributed by atoms with Crippen LogP contribution in [-0.4, -0.2) is 40.6 Å². The molecule has 0 aliphatic heterocycles. The van der Waals surface area contributed by atoms with Gasteiger partial charge >= 0.3 is 0 Å². The van der Waals surface area contributed by atoms with Gasteiger partial charge in [0.05, 0.1) is 17.1 Å². The average Bonchev–Trinajstić information content (AvgIpc) is 2.29. The molecule has 0 atom stereocenters. The lowest BCUT2D eigenvalue weighted by Gasteiger charge is -2.18. The molecular formula is C13H22N2O2S. The van der Waals surface area contributed by atoms with E-state index in [0.29, 0.717) is 13.0 Å². The number of hydrogen-bond donors (Lipinski definition) is 1. The molecule has 0 spiro atoms. The molecule has 4 nitrogen and oxygen atoms in total. The van der Waals surface area contributed by atoms with Crippen LogP contribution in [0.15, 0.2) is 24.3 Å². The first-order chi connectivity index (χ1) is 8.46. The molecule has 0 heterocycles. The zero-order valence-electron chi connectivity index (χ0n) is 11.3. The molecule has 0 bridgehead atoms. The fourth-order valence-corrected chi connectivity index (χ4v) is 3.01. The minimum atomic E-state index is -2.91. The summed E-state index contributed by atoms with van der Waals surface area (Å²) in [6.45, 7) is 2.33. The summed E-state index contributed by atoms with van der Waals surface area (Å²) in [7, 11) is 1.02. The highest BCUT2D eigenvalue weighted by molar-refractivity contribution is 7.91. The normalized spacial score (nSPS) is 11.3. The number of benzene rings is 1. The summed E-state index contributed by atoms with van der Waals surface area (Å²) >= 11 is 0. The molecule has 0 aromatic heterocycles. The van der Waals surface area contributed by atoms with Crippen molar-refractivity contribution in [3.05, 3.63) is 24.3 Å². The van der Waals surface area contributed by atoms with Gasteiger partial charge in [0.1, 0.15) is 0 Å². The third-order valence-electron chi connectivity index (χ3n) is 2.63. The molecule has 0 saturated carbocycles. The Morgan fingerprint density at radius 3 is 2.44 bits per heavy atom. The van der Waals surface area contributed by atoms with Crippen LogP contribution in [0.2, 0.25) is 0 Å². The van der Waals surface area contributed by atoms with Crippen LogP contribution in [0.25, 0.3) is 0 Å². The van der Waals surface area contributed by atoms with Crippen LogP contribution in [0.3, 0.4) is 0 Å². The van der Waals surface area contributed by atoms with Gasteiger partial charge < -0.3 is 10.2 Å². The van der Waals surface area contributed by atoms with E-state index in [4.69, 9.17) is 0 Å². The summed E-state index contributed by atoms with van der Waals surface area (Å²) < 4.78 is 23.2. The zero-order chi connectivity index (χ0) is 13.6. The molecule has 0 unspecified atom stereocenters. The maximum absolute atomic E-state index is 11.6. The van der Waals surface area contributed by atoms with E-state index in [0.717, 1.165) is 11.4 Å². The van der Waals surface area contributed by atoms with Crippen molar-refractivity contribution in [3.8, 4) is 0 Å². The summed E-state index contributed by atoms with van der Waals surface area (Å²) in [5.41, 5.74) is 2.03. The van der Waals surface area contributed by atoms with Gasteiger partial charge in [0.15, 0.2) is 9.84 Å². The number of hydrogen-bond acceptors (Lipinski definition) is 4. The smallest absolute Gasteiger partial charge is 0.152 e. The first-order valence-corrected chi connectivity index (χ1v) is 7.99. The van der Waals surface area contributed by atoms with E-state index in [-0.39, 0.29) is 11.5 Å². The molecule has 0 saturated heterocycles. The maximum Gasteiger partial charge on any atom is 0.152 e. The number of sulfone groups is 1. The van der Waals surface area contributed by atoms with Crippen LogP contribution in [0, 0.1) is 0 Å². The molecule has 1 N–H and O–H groups in total. The lowest BCUT2D eigenvalue weighted by atomic mass is 10.2. The fraction of sp³-hybridized carbons (Fsp3) is 0.538. The van der Waals surface area contributed by atoms with Crippen LogP contribution in [-0.2, 0) is 9.84 Å². The lowest BCUT2D eigenvalue weighted by molar-refractivity contribution is 0.595. The molecule has 1 aromatic rings. The van der Waals surface area contributed by atoms with Crippen molar-refractivity contribution in [3.63, 3.8) is 0 Å². The van der Waals surface area contributed by atoms with E-state index < -0.39 is 9.84 Å². The quantitative estimate of drug-likeness (QED) is 0.823. The van der Waals surface area contributed by atoms with Gasteiger partial charge in [-0.25, -0.2) is 8.42 Å². The Kier molecular flexibility index (Phi) is 5.47. The molecule has 0 fully saturated rings. The minimum absolute atomic E-state index is 0.183. The second kappa shape index (κ2) is 6.64. The van der Waals surface area contributed by atoms with Crippen molar-refractivity contribution in [2.45, 2.75) is 13.3 Å². The van der Waals surface area contributed by atoms with Crippen LogP contribution in [0.1, 0.15) is 13.3 Å². The SMILES string of the molecule is CCCS(=O)(=O)CCNc1ccccc1N(C)C. The van der Waals surface area contributed by atoms with E-state index >= 15 is 0 Å². The third-order valence-corrected chi connectivity index (χ3v) is 4.49. The molecule has 0 aliphatic rings. The first kappa shape index (κ1) is 14.8. The Balaban J connectivity index is 2.59. The van der Waals surface area contributed by atoms with E-state index in [9.17, 15) is 8.42 Å². The molecule has 18 heavy (non-hydrogen) atoms. The Labute approximate surface area is 110 Å². The molecular weight excluding hydrogens is 248 g/mol. The van der Waals surface area contributed by atoms with Crippen LogP contribution < -0.4 is 10.2 Å². The van der Waals surface area contributed by atoms with Gasteiger partial charge in [-0.05, 0) is 18.6 Å². The van der Waals surface area contributed by atoms with E-state index in [1.54, 1.807) is 0 Å². The van der Waals surface area contributed by atoms with E-state index in [1.165, 1.54) is 0 Å². The highest BCUT2D eigenvalue weighted by atomic mass is 32.2. The van der Waals surface area contributed by atoms with Gasteiger partial charge in [-0.3, -0.25) is 0 Å². The van der Waals surface area contributed by atoms with Crippen LogP contribution in [0.4, 0.5) is 11.4 Å². The fourth-order valence-electron chi connectivity index (χ4n) is 1.77. The molecule has 0 amide bonds. The molecule has 1 rings (SSSR count). The molecule has 5 heteroatoms. The second-order valence-electron chi connectivity index (χ2n) is 4.49. The zero-order valence-corrected chi connectivity index (χ0v) is 12.1. The lowest BCUT2D eigenvalue weighted by Crippen LogP contribution is -2.19. The van der Waals surface area contributed by atoms with E-state index in [2.05, 4.69) is 5.32 Å². The highest BCUT2D eigenvalue weighted by Gasteiger charge is 2.09. The Morgan fingerprint density at radius 1 is 1.17 bits per heavy atom. The van der Waals surface area contributed by atoms with Crippen molar-refractivity contribution in [1.82, 2.24) is 0 Å². The van der Waals surface area contributed by atoms with Gasteiger partial charge in [0.2, 0.25) is 0 Å². The van der Waals surface area contributed by atoms with Gasteiger partial charge in [-0.1, -0.05) is 19.1 Å². The van der Waals surface area contributed by atoms with Gasteiger partial charge in [0, 0.05) is 26.4 Å². The van der Waals surface area contributed by atoms with Gasteiger partial charge in [0.25, 0.3) is 0 Å². The highest BCUT2D eigenvalue weighted by Crippen LogP contribution is 2.22. The number of rotatable bonds is 7. The van der Waals surface area contributed by atoms with E-state index in [1.807, 2.05) is 50.2 Å². The predicted molar refractivity (Wildman–Crippen MR) is 78.2 cm³/mol. The monoisotopic (exact) mass is 270 g/mol. The Bertz CT molecular complexity index is 470. The predicted octanol–water partition coefficient (Wildman–Crippen LogP) is 1.99. The van der Waals surface area contributed by atoms with Gasteiger partial charge in [-0.15, -0.1) is 0 Å². The topological polar surface area (TPSA) is 49.4 Å². The average molecular weight is 270 g/mol.